The predicted octanol–water partition coefficient (Wildman–Crippen LogP) is 0.913. The summed E-state index contributed by atoms with van der Waals surface area (Å²) in [5, 5.41) is 0. The molecule has 0 aliphatic heterocycles. The minimum atomic E-state index is -1.40. The second-order valence-electron chi connectivity index (χ2n) is 2.78. The molecule has 14 heavy (non-hydrogen) atoms. The fourth-order valence-corrected chi connectivity index (χ4v) is 1.28. The van der Waals surface area contributed by atoms with Crippen LogP contribution in [0.2, 0.25) is 0 Å². The topological polar surface area (TPSA) is 61.5 Å². The Kier molecular flexibility index (Phi) is 3.22. The summed E-state index contributed by atoms with van der Waals surface area (Å²) in [5.74, 6) is -1.40. The molecule has 0 fully saturated rings. The molecule has 4 heteroatoms. The molecule has 0 saturated carbocycles. The maximum absolute atomic E-state index is 10.9. The van der Waals surface area contributed by atoms with Crippen LogP contribution in [-0.4, -0.2) is 20.5 Å². The van der Waals surface area contributed by atoms with E-state index in [1.54, 1.807) is 24.3 Å². The number of hydrogen-bond acceptors (Lipinski definition) is 4. The van der Waals surface area contributed by atoms with Crippen molar-refractivity contribution in [2.75, 3.05) is 20.0 Å². The number of benzene rings is 1. The van der Waals surface area contributed by atoms with Crippen molar-refractivity contribution >= 4 is 12.0 Å². The molecule has 0 amide bonds. The number of ether oxygens (including phenoxy) is 2. The molecule has 0 heterocycles. The molecule has 1 aromatic rings. The zero-order valence-corrected chi connectivity index (χ0v) is 8.19. The number of aldehydes is 1. The lowest BCUT2D eigenvalue weighted by molar-refractivity contribution is -0.201. The van der Waals surface area contributed by atoms with Crippen LogP contribution in [0.5, 0.6) is 0 Å². The summed E-state index contributed by atoms with van der Waals surface area (Å²) in [4.78, 5) is 10.9. The Labute approximate surface area is 82.6 Å². The first-order valence-corrected chi connectivity index (χ1v) is 4.12. The van der Waals surface area contributed by atoms with Crippen molar-refractivity contribution in [2.45, 2.75) is 5.79 Å². The molecule has 0 aromatic heterocycles. The summed E-state index contributed by atoms with van der Waals surface area (Å²) in [6, 6.07) is 6.92. The fourth-order valence-electron chi connectivity index (χ4n) is 1.28. The van der Waals surface area contributed by atoms with Crippen LogP contribution in [0.25, 0.3) is 0 Å². The molecule has 0 bridgehead atoms. The van der Waals surface area contributed by atoms with Crippen LogP contribution in [-0.2, 0) is 20.1 Å². The minimum absolute atomic E-state index is 0.461. The van der Waals surface area contributed by atoms with E-state index < -0.39 is 5.79 Å². The van der Waals surface area contributed by atoms with Crippen molar-refractivity contribution in [3.05, 3.63) is 29.8 Å². The van der Waals surface area contributed by atoms with Crippen molar-refractivity contribution in [1.29, 1.82) is 0 Å². The number of nitrogens with two attached hydrogens (primary N) is 1. The average Bonchev–Trinajstić information content (AvgIpc) is 2.24. The first-order chi connectivity index (χ1) is 6.70. The largest absolute Gasteiger partial charge is 0.398 e. The average molecular weight is 195 g/mol. The minimum Gasteiger partial charge on any atom is -0.398 e. The second kappa shape index (κ2) is 4.21. The molecule has 0 unspecified atom stereocenters. The van der Waals surface area contributed by atoms with Gasteiger partial charge in [-0.2, -0.15) is 0 Å². The number of methoxy groups -OCH3 is 2. The van der Waals surface area contributed by atoms with Gasteiger partial charge < -0.3 is 15.2 Å². The molecule has 0 atom stereocenters. The Balaban J connectivity index is 3.24. The molecule has 1 aromatic carbocycles. The van der Waals surface area contributed by atoms with Crippen molar-refractivity contribution in [1.82, 2.24) is 0 Å². The van der Waals surface area contributed by atoms with Gasteiger partial charge in [-0.05, 0) is 6.07 Å². The molecule has 0 spiro atoms. The number of carbonyl (C=O) groups excluding carboxylic acids is 1. The summed E-state index contributed by atoms with van der Waals surface area (Å²) in [7, 11) is 2.79. The van der Waals surface area contributed by atoms with Crippen molar-refractivity contribution in [2.24, 2.45) is 0 Å². The number of anilines is 1. The molecular weight excluding hydrogens is 182 g/mol. The lowest BCUT2D eigenvalue weighted by Crippen LogP contribution is -2.33. The summed E-state index contributed by atoms with van der Waals surface area (Å²) in [6.07, 6.45) is 0.582. The van der Waals surface area contributed by atoms with E-state index in [0.717, 1.165) is 0 Å². The van der Waals surface area contributed by atoms with Crippen LogP contribution in [0, 0.1) is 0 Å². The van der Waals surface area contributed by atoms with E-state index in [4.69, 9.17) is 15.2 Å². The van der Waals surface area contributed by atoms with Crippen LogP contribution in [0.15, 0.2) is 24.3 Å². The summed E-state index contributed by atoms with van der Waals surface area (Å²) < 4.78 is 10.1. The Bertz CT molecular complexity index is 321. The Morgan fingerprint density at radius 3 is 2.29 bits per heavy atom. The van der Waals surface area contributed by atoms with Gasteiger partial charge in [0.15, 0.2) is 6.29 Å². The number of nitrogen functional groups attached to an aromatic ring is 1. The van der Waals surface area contributed by atoms with Gasteiger partial charge in [0, 0.05) is 25.5 Å². The molecule has 0 aliphatic rings. The zero-order chi connectivity index (χ0) is 10.6. The second-order valence-corrected chi connectivity index (χ2v) is 2.78. The summed E-state index contributed by atoms with van der Waals surface area (Å²) >= 11 is 0. The van der Waals surface area contributed by atoms with E-state index in [1.165, 1.54) is 14.2 Å². The molecule has 0 saturated heterocycles. The third kappa shape index (κ3) is 1.62. The first kappa shape index (κ1) is 10.7. The first-order valence-electron chi connectivity index (χ1n) is 4.12. The standard InChI is InChI=1S/C10H13NO3/c1-13-10(7-12,14-2)8-5-3-4-6-9(8)11/h3-7H,11H2,1-2H3. The van der Waals surface area contributed by atoms with Crippen molar-refractivity contribution in [3.8, 4) is 0 Å². The highest BCUT2D eigenvalue weighted by Gasteiger charge is 2.33. The van der Waals surface area contributed by atoms with Crippen LogP contribution >= 0.6 is 0 Å². The van der Waals surface area contributed by atoms with Gasteiger partial charge >= 0.3 is 0 Å². The van der Waals surface area contributed by atoms with Crippen LogP contribution in [0.4, 0.5) is 5.69 Å². The van der Waals surface area contributed by atoms with E-state index in [2.05, 4.69) is 0 Å². The van der Waals surface area contributed by atoms with Gasteiger partial charge in [0.25, 0.3) is 5.79 Å². The number of carbonyl (C=O) groups is 1. The van der Waals surface area contributed by atoms with E-state index in [9.17, 15) is 4.79 Å². The smallest absolute Gasteiger partial charge is 0.254 e. The lowest BCUT2D eigenvalue weighted by Gasteiger charge is -2.25. The highest BCUT2D eigenvalue weighted by molar-refractivity contribution is 5.68. The molecule has 2 N–H and O–H groups in total. The highest BCUT2D eigenvalue weighted by Crippen LogP contribution is 2.28. The van der Waals surface area contributed by atoms with Gasteiger partial charge in [0.05, 0.1) is 0 Å². The van der Waals surface area contributed by atoms with Crippen molar-refractivity contribution in [3.63, 3.8) is 0 Å². The quantitative estimate of drug-likeness (QED) is 0.440. The highest BCUT2D eigenvalue weighted by atomic mass is 16.7. The van der Waals surface area contributed by atoms with Crippen LogP contribution < -0.4 is 5.73 Å². The molecule has 76 valence electrons. The molecule has 0 aliphatic carbocycles. The van der Waals surface area contributed by atoms with Crippen molar-refractivity contribution < 1.29 is 14.3 Å². The van der Waals surface area contributed by atoms with Gasteiger partial charge in [0.1, 0.15) is 0 Å². The van der Waals surface area contributed by atoms with Gasteiger partial charge in [-0.1, -0.05) is 18.2 Å². The third-order valence-corrected chi connectivity index (χ3v) is 2.10. The Hall–Kier alpha value is -1.39. The van der Waals surface area contributed by atoms with E-state index in [-0.39, 0.29) is 0 Å². The lowest BCUT2D eigenvalue weighted by atomic mass is 10.0. The van der Waals surface area contributed by atoms with Gasteiger partial charge in [-0.25, -0.2) is 0 Å². The normalized spacial score (nSPS) is 11.3. The monoisotopic (exact) mass is 195 g/mol. The van der Waals surface area contributed by atoms with Gasteiger partial charge in [0.2, 0.25) is 0 Å². The molecule has 1 rings (SSSR count). The Morgan fingerprint density at radius 1 is 1.29 bits per heavy atom. The van der Waals surface area contributed by atoms with E-state index >= 15 is 0 Å². The fraction of sp³-hybridized carbons (Fsp3) is 0.300. The van der Waals surface area contributed by atoms with E-state index in [1.807, 2.05) is 0 Å². The number of rotatable bonds is 4. The number of hydrogen-bond donors (Lipinski definition) is 1. The summed E-state index contributed by atoms with van der Waals surface area (Å²) in [6.45, 7) is 0. The van der Waals surface area contributed by atoms with E-state index in [0.29, 0.717) is 17.5 Å². The molecular formula is C10H13NO3. The molecule has 4 nitrogen and oxygen atoms in total. The predicted molar refractivity (Wildman–Crippen MR) is 52.6 cm³/mol. The van der Waals surface area contributed by atoms with Gasteiger partial charge in [-0.15, -0.1) is 0 Å². The SMILES string of the molecule is COC(C=O)(OC)c1ccccc1N. The van der Waals surface area contributed by atoms with Gasteiger partial charge in [-0.3, -0.25) is 4.79 Å². The zero-order valence-electron chi connectivity index (χ0n) is 8.19. The maximum atomic E-state index is 10.9. The molecule has 0 radical (unpaired) electrons. The van der Waals surface area contributed by atoms with Crippen LogP contribution in [0.3, 0.4) is 0 Å². The summed E-state index contributed by atoms with van der Waals surface area (Å²) in [5.41, 5.74) is 6.69. The van der Waals surface area contributed by atoms with Crippen LogP contribution in [0.1, 0.15) is 5.56 Å². The number of para-hydroxylation sites is 1. The third-order valence-electron chi connectivity index (χ3n) is 2.10. The Morgan fingerprint density at radius 2 is 1.86 bits per heavy atom. The maximum Gasteiger partial charge on any atom is 0.254 e.